The highest BCUT2D eigenvalue weighted by Crippen LogP contribution is 2.31. The topological polar surface area (TPSA) is 34.1 Å². The number of nitrogens with zero attached hydrogens (tertiary/aromatic N) is 1. The minimum Gasteiger partial charge on any atom is -0.496 e. The van der Waals surface area contributed by atoms with E-state index in [4.69, 9.17) is 4.74 Å². The summed E-state index contributed by atoms with van der Waals surface area (Å²) in [6.07, 6.45) is 1.84. The lowest BCUT2D eigenvalue weighted by atomic mass is 10.1. The molecule has 1 N–H and O–H groups in total. The monoisotopic (exact) mass is 262 g/mol. The van der Waals surface area contributed by atoms with Crippen molar-refractivity contribution in [2.24, 2.45) is 0 Å². The fourth-order valence-electron chi connectivity index (χ4n) is 1.91. The van der Waals surface area contributed by atoms with Crippen LogP contribution < -0.4 is 10.1 Å². The predicted molar refractivity (Wildman–Crippen MR) is 75.2 cm³/mol. The summed E-state index contributed by atoms with van der Waals surface area (Å²) in [5.41, 5.74) is 1.13. The van der Waals surface area contributed by atoms with Gasteiger partial charge in [-0.1, -0.05) is 18.2 Å². The van der Waals surface area contributed by atoms with Crippen LogP contribution in [0, 0.1) is 0 Å². The van der Waals surface area contributed by atoms with Crippen LogP contribution in [0.15, 0.2) is 35.8 Å². The average Bonchev–Trinajstić information content (AvgIpc) is 2.89. The van der Waals surface area contributed by atoms with Crippen molar-refractivity contribution in [2.75, 3.05) is 7.11 Å². The van der Waals surface area contributed by atoms with E-state index in [1.807, 2.05) is 29.8 Å². The quantitative estimate of drug-likeness (QED) is 0.898. The Morgan fingerprint density at radius 2 is 2.06 bits per heavy atom. The number of nitrogens with one attached hydrogen (secondary N) is 1. The third kappa shape index (κ3) is 2.89. The van der Waals surface area contributed by atoms with E-state index in [1.165, 1.54) is 0 Å². The van der Waals surface area contributed by atoms with Crippen molar-refractivity contribution >= 4 is 11.3 Å². The maximum atomic E-state index is 5.44. The molecule has 0 aliphatic rings. The second kappa shape index (κ2) is 5.98. The van der Waals surface area contributed by atoms with Gasteiger partial charge in [0.2, 0.25) is 0 Å². The Balaban J connectivity index is 2.39. The van der Waals surface area contributed by atoms with E-state index >= 15 is 0 Å². The molecular weight excluding hydrogens is 244 g/mol. The summed E-state index contributed by atoms with van der Waals surface area (Å²) in [6, 6.07) is 8.54. The normalized spacial score (nSPS) is 12.7. The highest BCUT2D eigenvalue weighted by Gasteiger charge is 2.20. The molecule has 96 valence electrons. The van der Waals surface area contributed by atoms with E-state index in [1.54, 1.807) is 18.4 Å². The van der Waals surface area contributed by atoms with Gasteiger partial charge in [-0.05, 0) is 19.9 Å². The number of hydrogen-bond acceptors (Lipinski definition) is 4. The summed E-state index contributed by atoms with van der Waals surface area (Å²) >= 11 is 1.66. The minimum atomic E-state index is 0.0844. The Kier molecular flexibility index (Phi) is 4.33. The van der Waals surface area contributed by atoms with Crippen LogP contribution in [0.1, 0.15) is 30.5 Å². The van der Waals surface area contributed by atoms with E-state index in [2.05, 4.69) is 30.2 Å². The molecule has 0 saturated heterocycles. The first-order valence-electron chi connectivity index (χ1n) is 6.00. The van der Waals surface area contributed by atoms with E-state index in [0.717, 1.165) is 16.3 Å². The Morgan fingerprint density at radius 3 is 2.67 bits per heavy atom. The second-order valence-corrected chi connectivity index (χ2v) is 5.29. The van der Waals surface area contributed by atoms with Gasteiger partial charge in [-0.3, -0.25) is 0 Å². The molecule has 1 aromatic carbocycles. The van der Waals surface area contributed by atoms with E-state index in [-0.39, 0.29) is 6.04 Å². The van der Waals surface area contributed by atoms with Gasteiger partial charge in [-0.2, -0.15) is 0 Å². The third-order valence-corrected chi connectivity index (χ3v) is 3.49. The Morgan fingerprint density at radius 1 is 1.28 bits per heavy atom. The lowest BCUT2D eigenvalue weighted by Gasteiger charge is -2.21. The van der Waals surface area contributed by atoms with Crippen molar-refractivity contribution in [3.8, 4) is 5.75 Å². The zero-order valence-electron chi connectivity index (χ0n) is 10.9. The van der Waals surface area contributed by atoms with Crippen molar-refractivity contribution < 1.29 is 4.74 Å². The van der Waals surface area contributed by atoms with Crippen molar-refractivity contribution in [1.29, 1.82) is 0 Å². The Hall–Kier alpha value is -1.39. The van der Waals surface area contributed by atoms with E-state index in [9.17, 15) is 0 Å². The number of ether oxygens (including phenoxy) is 1. The lowest BCUT2D eigenvalue weighted by Crippen LogP contribution is -2.29. The molecule has 0 aliphatic carbocycles. The minimum absolute atomic E-state index is 0.0844. The number of aromatic nitrogens is 1. The first-order valence-corrected chi connectivity index (χ1v) is 6.88. The van der Waals surface area contributed by atoms with Crippen LogP contribution in [0.25, 0.3) is 0 Å². The van der Waals surface area contributed by atoms with Crippen molar-refractivity contribution in [2.45, 2.75) is 25.9 Å². The number of thiazole rings is 1. The molecule has 3 nitrogen and oxygen atoms in total. The van der Waals surface area contributed by atoms with Crippen molar-refractivity contribution in [1.82, 2.24) is 10.3 Å². The smallest absolute Gasteiger partial charge is 0.124 e. The van der Waals surface area contributed by atoms with Crippen LogP contribution >= 0.6 is 11.3 Å². The SMILES string of the molecule is COc1ccccc1C(NC(C)C)c1nccs1. The van der Waals surface area contributed by atoms with Gasteiger partial charge in [0.25, 0.3) is 0 Å². The zero-order chi connectivity index (χ0) is 13.0. The van der Waals surface area contributed by atoms with Gasteiger partial charge in [0.15, 0.2) is 0 Å². The summed E-state index contributed by atoms with van der Waals surface area (Å²) in [5, 5.41) is 6.60. The molecule has 1 heterocycles. The van der Waals surface area contributed by atoms with Gasteiger partial charge in [-0.15, -0.1) is 11.3 Å². The number of hydrogen-bond donors (Lipinski definition) is 1. The van der Waals surface area contributed by atoms with Gasteiger partial charge in [0.1, 0.15) is 10.8 Å². The lowest BCUT2D eigenvalue weighted by molar-refractivity contribution is 0.401. The van der Waals surface area contributed by atoms with Gasteiger partial charge >= 0.3 is 0 Å². The fraction of sp³-hybridized carbons (Fsp3) is 0.357. The van der Waals surface area contributed by atoms with E-state index in [0.29, 0.717) is 6.04 Å². The molecule has 1 atom stereocenters. The van der Waals surface area contributed by atoms with Crippen LogP contribution in [0.4, 0.5) is 0 Å². The van der Waals surface area contributed by atoms with Crippen LogP contribution in [-0.2, 0) is 0 Å². The highest BCUT2D eigenvalue weighted by atomic mass is 32.1. The predicted octanol–water partition coefficient (Wildman–Crippen LogP) is 3.24. The average molecular weight is 262 g/mol. The van der Waals surface area contributed by atoms with Gasteiger partial charge < -0.3 is 10.1 Å². The summed E-state index contributed by atoms with van der Waals surface area (Å²) in [4.78, 5) is 4.42. The summed E-state index contributed by atoms with van der Waals surface area (Å²) in [5.74, 6) is 0.894. The van der Waals surface area contributed by atoms with Gasteiger partial charge in [0, 0.05) is 23.2 Å². The largest absolute Gasteiger partial charge is 0.496 e. The van der Waals surface area contributed by atoms with Crippen LogP contribution in [0.3, 0.4) is 0 Å². The molecular formula is C14H18N2OS. The second-order valence-electron chi connectivity index (χ2n) is 4.37. The number of para-hydroxylation sites is 1. The molecule has 4 heteroatoms. The van der Waals surface area contributed by atoms with Gasteiger partial charge in [0.05, 0.1) is 13.2 Å². The van der Waals surface area contributed by atoms with Gasteiger partial charge in [-0.25, -0.2) is 4.98 Å². The molecule has 0 fully saturated rings. The summed E-state index contributed by atoms with van der Waals surface area (Å²) < 4.78 is 5.44. The van der Waals surface area contributed by atoms with E-state index < -0.39 is 0 Å². The third-order valence-electron chi connectivity index (χ3n) is 2.65. The Labute approximate surface area is 112 Å². The molecule has 2 rings (SSSR count). The molecule has 0 aliphatic heterocycles. The number of rotatable bonds is 5. The molecule has 1 unspecified atom stereocenters. The molecule has 0 amide bonds. The van der Waals surface area contributed by atoms with Crippen LogP contribution in [0.2, 0.25) is 0 Å². The summed E-state index contributed by atoms with van der Waals surface area (Å²) in [7, 11) is 1.70. The highest BCUT2D eigenvalue weighted by molar-refractivity contribution is 7.09. The maximum Gasteiger partial charge on any atom is 0.124 e. The standard InChI is InChI=1S/C14H18N2OS/c1-10(2)16-13(14-15-8-9-18-14)11-6-4-5-7-12(11)17-3/h4-10,13,16H,1-3H3. The maximum absolute atomic E-state index is 5.44. The Bertz CT molecular complexity index is 482. The number of benzene rings is 1. The molecule has 2 aromatic rings. The van der Waals surface area contributed by atoms with Crippen LogP contribution in [0.5, 0.6) is 5.75 Å². The first-order chi connectivity index (χ1) is 8.72. The van der Waals surface area contributed by atoms with Crippen LogP contribution in [-0.4, -0.2) is 18.1 Å². The molecule has 1 aromatic heterocycles. The number of methoxy groups -OCH3 is 1. The fourth-order valence-corrected chi connectivity index (χ4v) is 2.62. The molecule has 0 spiro atoms. The summed E-state index contributed by atoms with van der Waals surface area (Å²) in [6.45, 7) is 4.27. The van der Waals surface area contributed by atoms with Crippen molar-refractivity contribution in [3.63, 3.8) is 0 Å². The first kappa shape index (κ1) is 13.1. The van der Waals surface area contributed by atoms with Crippen molar-refractivity contribution in [3.05, 3.63) is 46.4 Å². The molecule has 18 heavy (non-hydrogen) atoms. The zero-order valence-corrected chi connectivity index (χ0v) is 11.7. The molecule has 0 bridgehead atoms. The molecule has 0 saturated carbocycles. The molecule has 0 radical (unpaired) electrons.